The molecule has 1 atom stereocenters. The first-order valence-corrected chi connectivity index (χ1v) is 10.6. The van der Waals surface area contributed by atoms with E-state index in [1.807, 2.05) is 37.3 Å². The number of aromatic nitrogens is 2. The fourth-order valence-electron chi connectivity index (χ4n) is 4.95. The summed E-state index contributed by atoms with van der Waals surface area (Å²) in [5, 5.41) is 10.3. The highest BCUT2D eigenvalue weighted by Gasteiger charge is 2.32. The lowest BCUT2D eigenvalue weighted by Gasteiger charge is -2.17. The van der Waals surface area contributed by atoms with E-state index >= 15 is 0 Å². The van der Waals surface area contributed by atoms with Crippen molar-refractivity contribution < 1.29 is 19.1 Å². The number of amides is 1. The first-order chi connectivity index (χ1) is 15.5. The molecular formula is C24H21N3O5. The molecule has 0 bridgehead atoms. The molecule has 0 spiro atoms. The Balaban J connectivity index is 1.60. The summed E-state index contributed by atoms with van der Waals surface area (Å²) in [7, 11) is 1.60. The highest BCUT2D eigenvalue weighted by atomic mass is 16.5. The molecule has 3 heterocycles. The summed E-state index contributed by atoms with van der Waals surface area (Å²) in [6.45, 7) is 2.24. The molecule has 1 aliphatic heterocycles. The van der Waals surface area contributed by atoms with Gasteiger partial charge in [-0.15, -0.1) is 0 Å². The topological polar surface area (TPSA) is 97.8 Å². The van der Waals surface area contributed by atoms with E-state index in [1.165, 1.54) is 11.3 Å². The van der Waals surface area contributed by atoms with Gasteiger partial charge < -0.3 is 14.3 Å². The second-order valence-corrected chi connectivity index (χ2v) is 8.48. The first-order valence-electron chi connectivity index (χ1n) is 10.6. The Morgan fingerprint density at radius 2 is 2.06 bits per heavy atom. The van der Waals surface area contributed by atoms with Crippen LogP contribution in [0.3, 0.4) is 0 Å². The molecule has 1 aliphatic carbocycles. The second-order valence-electron chi connectivity index (χ2n) is 8.48. The van der Waals surface area contributed by atoms with E-state index in [-0.39, 0.29) is 17.6 Å². The van der Waals surface area contributed by atoms with Gasteiger partial charge in [0.1, 0.15) is 0 Å². The van der Waals surface area contributed by atoms with Crippen LogP contribution in [0.1, 0.15) is 43.0 Å². The lowest BCUT2D eigenvalue weighted by Crippen LogP contribution is -2.25. The molecule has 0 unspecified atom stereocenters. The molecule has 0 saturated heterocycles. The number of carboxylic acid groups (broad SMARTS) is 1. The molecule has 1 fully saturated rings. The maximum Gasteiger partial charge on any atom is 0.408 e. The molecule has 1 saturated carbocycles. The Hall–Kier alpha value is -3.81. The predicted octanol–water partition coefficient (Wildman–Crippen LogP) is 4.71. The number of hydrogen-bond donors (Lipinski definition) is 1. The fraction of sp³-hybridized carbons (Fsp3) is 0.292. The minimum atomic E-state index is -0.928. The molecular weight excluding hydrogens is 410 g/mol. The van der Waals surface area contributed by atoms with Gasteiger partial charge in [0, 0.05) is 23.5 Å². The van der Waals surface area contributed by atoms with E-state index in [4.69, 9.17) is 9.15 Å². The number of oxazole rings is 1. The van der Waals surface area contributed by atoms with Gasteiger partial charge in [-0.05, 0) is 54.7 Å². The standard InChI is InChI=1S/C24H21N3O5/c1-12-16-6-3-13(9-14(16)10-26(12)24(29)30)17-7-8-18-20(22(17)31-2)27(15-4-5-15)23(28)19-21(18)32-11-25-19/h3,6-9,11-12,15H,4-5,10H2,1-2H3,(H,29,30)/t12-/m1/s1. The average Bonchev–Trinajstić information content (AvgIpc) is 3.39. The van der Waals surface area contributed by atoms with Gasteiger partial charge in [-0.2, -0.15) is 0 Å². The van der Waals surface area contributed by atoms with Crippen molar-refractivity contribution >= 4 is 28.1 Å². The third-order valence-electron chi connectivity index (χ3n) is 6.68. The maximum atomic E-state index is 13.2. The van der Waals surface area contributed by atoms with E-state index in [0.29, 0.717) is 28.9 Å². The van der Waals surface area contributed by atoms with E-state index in [2.05, 4.69) is 4.98 Å². The molecule has 4 aromatic rings. The van der Waals surface area contributed by atoms with Crippen LogP contribution in [-0.2, 0) is 6.54 Å². The summed E-state index contributed by atoms with van der Waals surface area (Å²) >= 11 is 0. The number of pyridine rings is 1. The highest BCUT2D eigenvalue weighted by molar-refractivity contribution is 6.05. The summed E-state index contributed by atoms with van der Waals surface area (Å²) in [6, 6.07) is 9.82. The quantitative estimate of drug-likeness (QED) is 0.505. The number of hydrogen-bond acceptors (Lipinski definition) is 5. The minimum Gasteiger partial charge on any atom is -0.494 e. The largest absolute Gasteiger partial charge is 0.494 e. The van der Waals surface area contributed by atoms with Crippen molar-refractivity contribution in [2.45, 2.75) is 38.4 Å². The maximum absolute atomic E-state index is 13.2. The molecule has 2 aromatic carbocycles. The summed E-state index contributed by atoms with van der Waals surface area (Å²) in [5.74, 6) is 0.603. The van der Waals surface area contributed by atoms with Gasteiger partial charge >= 0.3 is 6.09 Å². The SMILES string of the molecule is COc1c(-c2ccc3c(c2)CN(C(=O)O)[C@@H]3C)ccc2c3ocnc3c(=O)n(C3CC3)c12. The number of methoxy groups -OCH3 is 1. The Labute approximate surface area is 182 Å². The van der Waals surface area contributed by atoms with Gasteiger partial charge in [-0.3, -0.25) is 14.3 Å². The van der Waals surface area contributed by atoms with E-state index in [0.717, 1.165) is 40.5 Å². The normalized spacial score (nSPS) is 17.8. The van der Waals surface area contributed by atoms with Crippen molar-refractivity contribution in [3.63, 3.8) is 0 Å². The molecule has 0 radical (unpaired) electrons. The van der Waals surface area contributed by atoms with Gasteiger partial charge in [0.15, 0.2) is 23.2 Å². The number of rotatable bonds is 3. The van der Waals surface area contributed by atoms with Crippen LogP contribution in [0.25, 0.3) is 33.1 Å². The van der Waals surface area contributed by atoms with E-state index in [9.17, 15) is 14.7 Å². The number of nitrogens with zero attached hydrogens (tertiary/aromatic N) is 3. The van der Waals surface area contributed by atoms with Crippen LogP contribution in [0.5, 0.6) is 5.75 Å². The van der Waals surface area contributed by atoms with Gasteiger partial charge in [0.05, 0.1) is 18.7 Å². The Kier molecular flexibility index (Phi) is 3.90. The fourth-order valence-corrected chi connectivity index (χ4v) is 4.95. The summed E-state index contributed by atoms with van der Waals surface area (Å²) < 4.78 is 13.3. The van der Waals surface area contributed by atoms with Crippen LogP contribution in [0.15, 0.2) is 45.9 Å². The lowest BCUT2D eigenvalue weighted by molar-refractivity contribution is 0.132. The van der Waals surface area contributed by atoms with Gasteiger partial charge in [-0.1, -0.05) is 12.1 Å². The number of ether oxygens (including phenoxy) is 1. The molecule has 8 heteroatoms. The van der Waals surface area contributed by atoms with Crippen molar-refractivity contribution in [3.05, 3.63) is 58.2 Å². The number of benzene rings is 2. The monoisotopic (exact) mass is 431 g/mol. The zero-order chi connectivity index (χ0) is 22.1. The molecule has 2 aliphatic rings. The predicted molar refractivity (Wildman–Crippen MR) is 118 cm³/mol. The van der Waals surface area contributed by atoms with Crippen molar-refractivity contribution in [2.75, 3.05) is 7.11 Å². The van der Waals surface area contributed by atoms with Crippen LogP contribution >= 0.6 is 0 Å². The zero-order valence-electron chi connectivity index (χ0n) is 17.7. The Morgan fingerprint density at radius 3 is 2.78 bits per heavy atom. The van der Waals surface area contributed by atoms with E-state index in [1.54, 1.807) is 11.7 Å². The van der Waals surface area contributed by atoms with Crippen LogP contribution < -0.4 is 10.3 Å². The van der Waals surface area contributed by atoms with Crippen LogP contribution in [0, 0.1) is 0 Å². The van der Waals surface area contributed by atoms with Crippen LogP contribution in [-0.4, -0.2) is 32.8 Å². The number of carbonyl (C=O) groups is 1. The molecule has 8 nitrogen and oxygen atoms in total. The minimum absolute atomic E-state index is 0.125. The molecule has 2 aromatic heterocycles. The van der Waals surface area contributed by atoms with Gasteiger partial charge in [0.25, 0.3) is 5.56 Å². The third kappa shape index (κ3) is 2.52. The molecule has 1 N–H and O–H groups in total. The van der Waals surface area contributed by atoms with Gasteiger partial charge in [-0.25, -0.2) is 9.78 Å². The van der Waals surface area contributed by atoms with Crippen molar-refractivity contribution in [1.29, 1.82) is 0 Å². The number of fused-ring (bicyclic) bond motifs is 4. The first kappa shape index (κ1) is 18.9. The van der Waals surface area contributed by atoms with Crippen molar-refractivity contribution in [2.24, 2.45) is 0 Å². The summed E-state index contributed by atoms with van der Waals surface area (Å²) in [5.41, 5.74) is 5.08. The molecule has 1 amide bonds. The molecule has 162 valence electrons. The average molecular weight is 431 g/mol. The Bertz CT molecular complexity index is 1480. The van der Waals surface area contributed by atoms with Crippen LogP contribution in [0.4, 0.5) is 4.79 Å². The smallest absolute Gasteiger partial charge is 0.408 e. The van der Waals surface area contributed by atoms with Crippen LogP contribution in [0.2, 0.25) is 0 Å². The summed E-state index contributed by atoms with van der Waals surface area (Å²) in [6.07, 6.45) is 2.25. The highest BCUT2D eigenvalue weighted by Crippen LogP contribution is 2.44. The summed E-state index contributed by atoms with van der Waals surface area (Å²) in [4.78, 5) is 30.4. The second kappa shape index (κ2) is 6.59. The van der Waals surface area contributed by atoms with Gasteiger partial charge in [0.2, 0.25) is 0 Å². The Morgan fingerprint density at radius 1 is 1.25 bits per heavy atom. The van der Waals surface area contributed by atoms with Crippen molar-refractivity contribution in [3.8, 4) is 16.9 Å². The van der Waals surface area contributed by atoms with Crippen molar-refractivity contribution in [1.82, 2.24) is 14.5 Å². The molecule has 6 rings (SSSR count). The molecule has 32 heavy (non-hydrogen) atoms. The van der Waals surface area contributed by atoms with E-state index < -0.39 is 6.09 Å². The third-order valence-corrected chi connectivity index (χ3v) is 6.68. The lowest BCUT2D eigenvalue weighted by atomic mass is 9.96. The zero-order valence-corrected chi connectivity index (χ0v) is 17.7.